The molecule has 0 saturated heterocycles. The lowest BCUT2D eigenvalue weighted by molar-refractivity contribution is -0.121. The summed E-state index contributed by atoms with van der Waals surface area (Å²) >= 11 is 11.8. The summed E-state index contributed by atoms with van der Waals surface area (Å²) in [7, 11) is 1.49. The zero-order chi connectivity index (χ0) is 14.5. The van der Waals surface area contributed by atoms with Crippen molar-refractivity contribution in [3.63, 3.8) is 0 Å². The lowest BCUT2D eigenvalue weighted by atomic mass is 10.2. The number of carbonyl (C=O) groups excluding carboxylic acids is 1. The average Bonchev–Trinajstić information content (AvgIpc) is 2.44. The van der Waals surface area contributed by atoms with E-state index in [0.717, 1.165) is 11.4 Å². The predicted octanol–water partition coefficient (Wildman–Crippen LogP) is 4.30. The van der Waals surface area contributed by atoms with Gasteiger partial charge in [0.25, 0.3) is 5.91 Å². The molecule has 0 N–H and O–H groups in total. The Balaban J connectivity index is 2.41. The Morgan fingerprint density at radius 3 is 1.70 bits per heavy atom. The molecule has 2 aromatic carbocycles. The molecule has 2 rings (SSSR count). The third kappa shape index (κ3) is 3.51. The molecule has 0 aliphatic heterocycles. The normalized spacial score (nSPS) is 10.3. The molecule has 20 heavy (non-hydrogen) atoms. The van der Waals surface area contributed by atoms with Crippen molar-refractivity contribution in [2.45, 2.75) is 0 Å². The van der Waals surface area contributed by atoms with Crippen molar-refractivity contribution < 1.29 is 9.53 Å². The molecule has 5 heteroatoms. The van der Waals surface area contributed by atoms with Crippen molar-refractivity contribution in [3.8, 4) is 0 Å². The minimum Gasteiger partial charge on any atom is -0.375 e. The zero-order valence-electron chi connectivity index (χ0n) is 10.8. The van der Waals surface area contributed by atoms with Gasteiger partial charge in [-0.15, -0.1) is 0 Å². The van der Waals surface area contributed by atoms with Gasteiger partial charge in [-0.3, -0.25) is 9.69 Å². The first-order chi connectivity index (χ1) is 9.61. The van der Waals surface area contributed by atoms with Gasteiger partial charge in [-0.1, -0.05) is 23.2 Å². The molecular formula is C15H13Cl2NO2. The highest BCUT2D eigenvalue weighted by molar-refractivity contribution is 6.31. The maximum Gasteiger partial charge on any atom is 0.257 e. The Labute approximate surface area is 127 Å². The van der Waals surface area contributed by atoms with E-state index in [1.165, 1.54) is 7.11 Å². The standard InChI is InChI=1S/C15H13Cl2NO2/c1-20-10-15(19)18(13-6-2-11(16)3-7-13)14-8-4-12(17)5-9-14/h2-9H,10H2,1H3. The number of hydrogen-bond acceptors (Lipinski definition) is 2. The van der Waals surface area contributed by atoms with Crippen LogP contribution in [-0.2, 0) is 9.53 Å². The third-order valence-corrected chi connectivity index (χ3v) is 3.19. The monoisotopic (exact) mass is 309 g/mol. The zero-order valence-corrected chi connectivity index (χ0v) is 12.4. The van der Waals surface area contributed by atoms with Gasteiger partial charge in [0.1, 0.15) is 6.61 Å². The fraction of sp³-hybridized carbons (Fsp3) is 0.133. The Hall–Kier alpha value is -1.55. The Bertz CT molecular complexity index is 536. The number of hydrogen-bond donors (Lipinski definition) is 0. The van der Waals surface area contributed by atoms with E-state index >= 15 is 0 Å². The lowest BCUT2D eigenvalue weighted by Crippen LogP contribution is -2.29. The summed E-state index contributed by atoms with van der Waals surface area (Å²) < 4.78 is 4.93. The molecule has 0 aliphatic rings. The largest absolute Gasteiger partial charge is 0.375 e. The molecule has 0 heterocycles. The van der Waals surface area contributed by atoms with Crippen LogP contribution in [0, 0.1) is 0 Å². The summed E-state index contributed by atoms with van der Waals surface area (Å²) in [6, 6.07) is 14.1. The summed E-state index contributed by atoms with van der Waals surface area (Å²) in [5.41, 5.74) is 1.44. The molecule has 104 valence electrons. The molecule has 0 saturated carbocycles. The molecular weight excluding hydrogens is 297 g/mol. The number of ether oxygens (including phenoxy) is 1. The van der Waals surface area contributed by atoms with Crippen LogP contribution >= 0.6 is 23.2 Å². The van der Waals surface area contributed by atoms with Crippen LogP contribution in [-0.4, -0.2) is 19.6 Å². The van der Waals surface area contributed by atoms with E-state index in [0.29, 0.717) is 10.0 Å². The number of rotatable bonds is 4. The van der Waals surface area contributed by atoms with Gasteiger partial charge in [-0.05, 0) is 48.5 Å². The molecule has 0 spiro atoms. The number of nitrogens with zero attached hydrogens (tertiary/aromatic N) is 1. The molecule has 1 amide bonds. The first-order valence-corrected chi connectivity index (χ1v) is 6.70. The van der Waals surface area contributed by atoms with Crippen LogP contribution in [0.2, 0.25) is 10.0 Å². The maximum atomic E-state index is 12.2. The summed E-state index contributed by atoms with van der Waals surface area (Å²) in [6.07, 6.45) is 0. The fourth-order valence-electron chi connectivity index (χ4n) is 1.81. The van der Waals surface area contributed by atoms with E-state index in [1.54, 1.807) is 53.4 Å². The quantitative estimate of drug-likeness (QED) is 0.842. The minimum absolute atomic E-state index is 0.00868. The van der Waals surface area contributed by atoms with Crippen LogP contribution in [0.4, 0.5) is 11.4 Å². The van der Waals surface area contributed by atoms with Crippen LogP contribution < -0.4 is 4.90 Å². The van der Waals surface area contributed by atoms with Crippen LogP contribution in [0.15, 0.2) is 48.5 Å². The summed E-state index contributed by atoms with van der Waals surface area (Å²) in [5, 5.41) is 1.23. The Kier molecular flexibility index (Phi) is 5.01. The SMILES string of the molecule is COCC(=O)N(c1ccc(Cl)cc1)c1ccc(Cl)cc1. The topological polar surface area (TPSA) is 29.5 Å². The van der Waals surface area contributed by atoms with E-state index < -0.39 is 0 Å². The van der Waals surface area contributed by atoms with E-state index in [4.69, 9.17) is 27.9 Å². The van der Waals surface area contributed by atoms with Crippen molar-refractivity contribution in [1.29, 1.82) is 0 Å². The van der Waals surface area contributed by atoms with E-state index in [-0.39, 0.29) is 12.5 Å². The highest BCUT2D eigenvalue weighted by Gasteiger charge is 2.17. The van der Waals surface area contributed by atoms with Gasteiger partial charge < -0.3 is 4.74 Å². The number of halogens is 2. The lowest BCUT2D eigenvalue weighted by Gasteiger charge is -2.23. The second kappa shape index (κ2) is 6.75. The Morgan fingerprint density at radius 2 is 1.35 bits per heavy atom. The van der Waals surface area contributed by atoms with Crippen molar-refractivity contribution >= 4 is 40.5 Å². The number of amides is 1. The summed E-state index contributed by atoms with van der Waals surface area (Å²) in [5.74, 6) is -0.169. The molecule has 0 fully saturated rings. The van der Waals surface area contributed by atoms with Crippen LogP contribution in [0.1, 0.15) is 0 Å². The van der Waals surface area contributed by atoms with Gasteiger partial charge >= 0.3 is 0 Å². The molecule has 0 aromatic heterocycles. The highest BCUT2D eigenvalue weighted by atomic mass is 35.5. The number of benzene rings is 2. The maximum absolute atomic E-state index is 12.2. The molecule has 0 aliphatic carbocycles. The van der Waals surface area contributed by atoms with Crippen molar-refractivity contribution in [3.05, 3.63) is 58.6 Å². The van der Waals surface area contributed by atoms with E-state index in [9.17, 15) is 4.79 Å². The summed E-state index contributed by atoms with van der Waals surface area (Å²) in [4.78, 5) is 13.8. The third-order valence-electron chi connectivity index (χ3n) is 2.69. The van der Waals surface area contributed by atoms with E-state index in [2.05, 4.69) is 0 Å². The van der Waals surface area contributed by atoms with Gasteiger partial charge in [-0.25, -0.2) is 0 Å². The molecule has 0 radical (unpaired) electrons. The molecule has 0 atom stereocenters. The van der Waals surface area contributed by atoms with Gasteiger partial charge in [0.2, 0.25) is 0 Å². The average molecular weight is 310 g/mol. The van der Waals surface area contributed by atoms with Crippen molar-refractivity contribution in [2.24, 2.45) is 0 Å². The van der Waals surface area contributed by atoms with Crippen molar-refractivity contribution in [2.75, 3.05) is 18.6 Å². The van der Waals surface area contributed by atoms with Crippen molar-refractivity contribution in [1.82, 2.24) is 0 Å². The first-order valence-electron chi connectivity index (χ1n) is 5.95. The van der Waals surface area contributed by atoms with Gasteiger partial charge in [0.15, 0.2) is 0 Å². The predicted molar refractivity (Wildman–Crippen MR) is 81.9 cm³/mol. The Morgan fingerprint density at radius 1 is 0.950 bits per heavy atom. The molecule has 0 bridgehead atoms. The van der Waals surface area contributed by atoms with Gasteiger partial charge in [0.05, 0.1) is 0 Å². The number of carbonyl (C=O) groups is 1. The number of methoxy groups -OCH3 is 1. The van der Waals surface area contributed by atoms with Gasteiger partial charge in [-0.2, -0.15) is 0 Å². The van der Waals surface area contributed by atoms with E-state index in [1.807, 2.05) is 0 Å². The molecule has 2 aromatic rings. The first kappa shape index (κ1) is 14.9. The van der Waals surface area contributed by atoms with Gasteiger partial charge in [0, 0.05) is 28.5 Å². The second-order valence-corrected chi connectivity index (χ2v) is 4.99. The van der Waals surface area contributed by atoms with Crippen LogP contribution in [0.25, 0.3) is 0 Å². The molecule has 3 nitrogen and oxygen atoms in total. The summed E-state index contributed by atoms with van der Waals surface area (Å²) in [6.45, 7) is -0.00868. The molecule has 0 unspecified atom stereocenters. The van der Waals surface area contributed by atoms with Crippen LogP contribution in [0.3, 0.4) is 0 Å². The second-order valence-electron chi connectivity index (χ2n) is 4.11. The van der Waals surface area contributed by atoms with Crippen LogP contribution in [0.5, 0.6) is 0 Å². The smallest absolute Gasteiger partial charge is 0.257 e. The number of anilines is 2. The fourth-order valence-corrected chi connectivity index (χ4v) is 2.06. The highest BCUT2D eigenvalue weighted by Crippen LogP contribution is 2.28. The minimum atomic E-state index is -0.169.